The number of rotatable bonds is 4. The minimum Gasteiger partial charge on any atom is -0.472 e. The zero-order chi connectivity index (χ0) is 34.2. The van der Waals surface area contributed by atoms with E-state index in [4.69, 9.17) is 8.83 Å². The van der Waals surface area contributed by atoms with Gasteiger partial charge in [0.15, 0.2) is 0 Å². The van der Waals surface area contributed by atoms with E-state index in [0.29, 0.717) is 0 Å². The Kier molecular flexibility index (Phi) is 6.28. The van der Waals surface area contributed by atoms with Crippen LogP contribution in [0.1, 0.15) is 0 Å². The van der Waals surface area contributed by atoms with Gasteiger partial charge in [0.1, 0.15) is 11.2 Å². The monoisotopic (exact) mass is 662 g/mol. The second kappa shape index (κ2) is 11.3. The van der Waals surface area contributed by atoms with Crippen LogP contribution in [0, 0.1) is 0 Å². The first-order valence-corrected chi connectivity index (χ1v) is 17.7. The van der Waals surface area contributed by atoms with Crippen LogP contribution in [0.15, 0.2) is 191 Å². The molecule has 2 heteroatoms. The predicted molar refractivity (Wildman–Crippen MR) is 218 cm³/mol. The van der Waals surface area contributed by atoms with Crippen LogP contribution in [0.4, 0.5) is 0 Å². The number of para-hydroxylation sites is 1. The van der Waals surface area contributed by atoms with Crippen LogP contribution in [0.25, 0.3) is 110 Å². The van der Waals surface area contributed by atoms with E-state index in [1.807, 2.05) is 12.3 Å². The lowest BCUT2D eigenvalue weighted by atomic mass is 9.85. The van der Waals surface area contributed by atoms with Crippen LogP contribution in [0.5, 0.6) is 0 Å². The molecule has 2 heterocycles. The molecule has 0 saturated carbocycles. The molecule has 52 heavy (non-hydrogen) atoms. The highest BCUT2D eigenvalue weighted by Crippen LogP contribution is 2.48. The van der Waals surface area contributed by atoms with Crippen LogP contribution in [-0.2, 0) is 0 Å². The lowest BCUT2D eigenvalue weighted by molar-refractivity contribution is 0.568. The third-order valence-electron chi connectivity index (χ3n) is 10.8. The van der Waals surface area contributed by atoms with Crippen LogP contribution < -0.4 is 0 Å². The Labute approximate surface area is 299 Å². The number of benzene rings is 9. The molecule has 0 aliphatic rings. The van der Waals surface area contributed by atoms with Crippen LogP contribution >= 0.6 is 0 Å². The smallest absolute Gasteiger partial charge is 0.143 e. The molecular formula is C50H30O2. The average molecular weight is 663 g/mol. The number of furan rings is 2. The third kappa shape index (κ3) is 4.19. The molecule has 0 saturated heterocycles. The van der Waals surface area contributed by atoms with E-state index in [-0.39, 0.29) is 0 Å². The zero-order valence-corrected chi connectivity index (χ0v) is 28.1. The molecular weight excluding hydrogens is 633 g/mol. The van der Waals surface area contributed by atoms with E-state index < -0.39 is 0 Å². The minimum atomic E-state index is 0.876. The Morgan fingerprint density at radius 3 is 1.33 bits per heavy atom. The molecule has 0 spiro atoms. The first kappa shape index (κ1) is 28.9. The van der Waals surface area contributed by atoms with Crippen molar-refractivity contribution in [2.45, 2.75) is 0 Å². The van der Waals surface area contributed by atoms with Crippen LogP contribution in [-0.4, -0.2) is 0 Å². The van der Waals surface area contributed by atoms with Gasteiger partial charge in [0.25, 0.3) is 0 Å². The summed E-state index contributed by atoms with van der Waals surface area (Å²) in [5.41, 5.74) is 11.2. The fourth-order valence-electron chi connectivity index (χ4n) is 8.64. The summed E-state index contributed by atoms with van der Waals surface area (Å²) in [5.74, 6) is 0. The van der Waals surface area contributed by atoms with Gasteiger partial charge in [-0.25, -0.2) is 0 Å². The predicted octanol–water partition coefficient (Wildman–Crippen LogP) is 14.5. The van der Waals surface area contributed by atoms with Gasteiger partial charge in [0.05, 0.1) is 12.5 Å². The van der Waals surface area contributed by atoms with Gasteiger partial charge in [-0.05, 0) is 83.5 Å². The van der Waals surface area contributed by atoms with Gasteiger partial charge in [-0.2, -0.15) is 0 Å². The van der Waals surface area contributed by atoms with Crippen LogP contribution in [0.2, 0.25) is 0 Å². The van der Waals surface area contributed by atoms with Crippen molar-refractivity contribution in [1.29, 1.82) is 0 Å². The molecule has 0 aliphatic carbocycles. The van der Waals surface area contributed by atoms with Gasteiger partial charge >= 0.3 is 0 Å². The van der Waals surface area contributed by atoms with Crippen LogP contribution in [0.3, 0.4) is 0 Å². The summed E-state index contributed by atoms with van der Waals surface area (Å²) in [5, 5.41) is 11.9. The van der Waals surface area contributed by atoms with Crippen molar-refractivity contribution in [3.63, 3.8) is 0 Å². The normalized spacial score (nSPS) is 11.8. The molecule has 2 aromatic heterocycles. The molecule has 2 nitrogen and oxygen atoms in total. The summed E-state index contributed by atoms with van der Waals surface area (Å²) < 4.78 is 12.6. The molecule has 0 bridgehead atoms. The summed E-state index contributed by atoms with van der Waals surface area (Å²) in [6.07, 6.45) is 3.59. The minimum absolute atomic E-state index is 0.876. The van der Waals surface area contributed by atoms with Crippen molar-refractivity contribution in [1.82, 2.24) is 0 Å². The summed E-state index contributed by atoms with van der Waals surface area (Å²) in [4.78, 5) is 0. The second-order valence-corrected chi connectivity index (χ2v) is 13.6. The maximum absolute atomic E-state index is 7.01. The number of fused-ring (bicyclic) bond motifs is 7. The van der Waals surface area contributed by atoms with Gasteiger partial charge in [-0.1, -0.05) is 152 Å². The molecule has 242 valence electrons. The molecule has 11 aromatic rings. The van der Waals surface area contributed by atoms with E-state index in [0.717, 1.165) is 38.6 Å². The highest BCUT2D eigenvalue weighted by atomic mass is 16.3. The quantitative estimate of drug-likeness (QED) is 0.175. The van der Waals surface area contributed by atoms with E-state index in [2.05, 4.69) is 164 Å². The van der Waals surface area contributed by atoms with Gasteiger partial charge in [-0.3, -0.25) is 0 Å². The van der Waals surface area contributed by atoms with E-state index >= 15 is 0 Å². The molecule has 0 amide bonds. The van der Waals surface area contributed by atoms with Crippen molar-refractivity contribution in [3.8, 4) is 44.5 Å². The Bertz CT molecular complexity index is 3050. The van der Waals surface area contributed by atoms with Gasteiger partial charge in [0, 0.05) is 33.0 Å². The standard InChI is InChI=1S/C50H30O2/c1-2-13-31(14-3-1)46-39-19-8-10-21-41(39)49(42-22-11-9-20-40(42)46)44-24-12-23-43-34-26-25-32(29-45(34)52-50(43)44)47-35-15-4-6-17-37(35)48(33-27-28-51-30-33)38-18-7-5-16-36(38)47/h1-30H. The van der Waals surface area contributed by atoms with Crippen molar-refractivity contribution in [3.05, 3.63) is 182 Å². The topological polar surface area (TPSA) is 26.3 Å². The molecule has 0 unspecified atom stereocenters. The van der Waals surface area contributed by atoms with Crippen molar-refractivity contribution in [2.75, 3.05) is 0 Å². The molecule has 0 N–H and O–H groups in total. The van der Waals surface area contributed by atoms with Crippen molar-refractivity contribution < 1.29 is 8.83 Å². The summed E-state index contributed by atoms with van der Waals surface area (Å²) in [6.45, 7) is 0. The Balaban J connectivity index is 1.18. The Hall–Kier alpha value is -6.90. The van der Waals surface area contributed by atoms with E-state index in [1.165, 1.54) is 70.9 Å². The van der Waals surface area contributed by atoms with Gasteiger partial charge in [-0.15, -0.1) is 0 Å². The van der Waals surface area contributed by atoms with Crippen molar-refractivity contribution in [2.24, 2.45) is 0 Å². The summed E-state index contributed by atoms with van der Waals surface area (Å²) >= 11 is 0. The maximum Gasteiger partial charge on any atom is 0.143 e. The summed E-state index contributed by atoms with van der Waals surface area (Å²) in [7, 11) is 0. The first-order valence-electron chi connectivity index (χ1n) is 17.7. The first-order chi connectivity index (χ1) is 25.8. The van der Waals surface area contributed by atoms with E-state index in [9.17, 15) is 0 Å². The maximum atomic E-state index is 7.01. The highest BCUT2D eigenvalue weighted by Gasteiger charge is 2.22. The SMILES string of the molecule is c1ccc(-c2c3ccccc3c(-c3cccc4c3oc3cc(-c5c6ccccc6c(-c6ccoc6)c6ccccc56)ccc34)c3ccccc23)cc1. The van der Waals surface area contributed by atoms with E-state index in [1.54, 1.807) is 6.26 Å². The van der Waals surface area contributed by atoms with Gasteiger partial charge < -0.3 is 8.83 Å². The number of hydrogen-bond donors (Lipinski definition) is 0. The number of hydrogen-bond acceptors (Lipinski definition) is 2. The average Bonchev–Trinajstić information content (AvgIpc) is 3.88. The lowest BCUT2D eigenvalue weighted by Crippen LogP contribution is -1.90. The second-order valence-electron chi connectivity index (χ2n) is 13.6. The third-order valence-corrected chi connectivity index (χ3v) is 10.8. The lowest BCUT2D eigenvalue weighted by Gasteiger charge is -2.17. The fourth-order valence-corrected chi connectivity index (χ4v) is 8.64. The highest BCUT2D eigenvalue weighted by molar-refractivity contribution is 6.25. The zero-order valence-electron chi connectivity index (χ0n) is 28.1. The fraction of sp³-hybridized carbons (Fsp3) is 0. The molecule has 0 fully saturated rings. The largest absolute Gasteiger partial charge is 0.472 e. The molecule has 0 radical (unpaired) electrons. The Morgan fingerprint density at radius 2 is 0.788 bits per heavy atom. The van der Waals surface area contributed by atoms with Gasteiger partial charge in [0.2, 0.25) is 0 Å². The van der Waals surface area contributed by atoms with Crippen molar-refractivity contribution >= 4 is 65.0 Å². The molecule has 9 aromatic carbocycles. The summed E-state index contributed by atoms with van der Waals surface area (Å²) in [6, 6.07) is 61.1. The molecule has 0 aliphatic heterocycles. The molecule has 0 atom stereocenters. The Morgan fingerprint density at radius 1 is 0.308 bits per heavy atom. The molecule has 11 rings (SSSR count).